The van der Waals surface area contributed by atoms with Crippen molar-refractivity contribution in [3.8, 4) is 0 Å². The summed E-state index contributed by atoms with van der Waals surface area (Å²) < 4.78 is 0. The van der Waals surface area contributed by atoms with Gasteiger partial charge < -0.3 is 10.6 Å². The van der Waals surface area contributed by atoms with Crippen LogP contribution in [-0.4, -0.2) is 32.4 Å². The molecule has 0 radical (unpaired) electrons. The first-order valence-corrected chi connectivity index (χ1v) is 7.40. The Labute approximate surface area is 124 Å². The molecule has 9 heteroatoms. The van der Waals surface area contributed by atoms with Crippen molar-refractivity contribution in [1.29, 1.82) is 0 Å². The van der Waals surface area contributed by atoms with E-state index in [4.69, 9.17) is 0 Å². The second kappa shape index (κ2) is 5.60. The average Bonchev–Trinajstić information content (AvgIpc) is 2.99. The van der Waals surface area contributed by atoms with Crippen LogP contribution in [0.1, 0.15) is 41.3 Å². The molecule has 1 unspecified atom stereocenters. The number of tetrazole rings is 1. The fourth-order valence-corrected chi connectivity index (χ4v) is 2.59. The smallest absolute Gasteiger partial charge is 0.262 e. The Morgan fingerprint density at radius 3 is 2.90 bits per heavy atom. The van der Waals surface area contributed by atoms with Gasteiger partial charge in [0, 0.05) is 5.92 Å². The van der Waals surface area contributed by atoms with Crippen LogP contribution in [0.15, 0.2) is 12.1 Å². The van der Waals surface area contributed by atoms with Crippen molar-refractivity contribution in [2.45, 2.75) is 25.8 Å². The number of nitrogens with zero attached hydrogens (tertiary/aromatic N) is 3. The van der Waals surface area contributed by atoms with Crippen LogP contribution in [0, 0.1) is 5.92 Å². The molecule has 0 saturated heterocycles. The minimum atomic E-state index is -0.345. The number of aromatic nitrogens is 4. The van der Waals surface area contributed by atoms with E-state index < -0.39 is 0 Å². The summed E-state index contributed by atoms with van der Waals surface area (Å²) in [4.78, 5) is 24.3. The van der Waals surface area contributed by atoms with Crippen LogP contribution in [0.25, 0.3) is 0 Å². The summed E-state index contributed by atoms with van der Waals surface area (Å²) in [6.07, 6.45) is 1.90. The zero-order valence-electron chi connectivity index (χ0n) is 11.3. The fraction of sp³-hybridized carbons (Fsp3) is 0.417. The first kappa shape index (κ1) is 13.7. The van der Waals surface area contributed by atoms with Crippen LogP contribution in [0.2, 0.25) is 0 Å². The molecule has 2 aromatic heterocycles. The zero-order valence-corrected chi connectivity index (χ0v) is 12.1. The van der Waals surface area contributed by atoms with E-state index in [1.807, 2.05) is 0 Å². The summed E-state index contributed by atoms with van der Waals surface area (Å²) in [5.74, 6) is 0.359. The summed E-state index contributed by atoms with van der Waals surface area (Å²) in [6, 6.07) is 3.08. The van der Waals surface area contributed by atoms with Gasteiger partial charge in [0.1, 0.15) is 0 Å². The number of carbonyl (C=O) groups is 2. The number of hydrogen-bond acceptors (Lipinski definition) is 6. The van der Waals surface area contributed by atoms with Crippen LogP contribution in [0.4, 0.5) is 5.00 Å². The Kier molecular flexibility index (Phi) is 3.65. The van der Waals surface area contributed by atoms with E-state index in [-0.39, 0.29) is 23.8 Å². The van der Waals surface area contributed by atoms with E-state index in [9.17, 15) is 9.59 Å². The maximum absolute atomic E-state index is 12.1. The highest BCUT2D eigenvalue weighted by molar-refractivity contribution is 7.18. The molecule has 0 aliphatic heterocycles. The highest BCUT2D eigenvalue weighted by atomic mass is 32.1. The molecular weight excluding hydrogens is 292 g/mol. The quantitative estimate of drug-likeness (QED) is 0.765. The Morgan fingerprint density at radius 1 is 1.43 bits per heavy atom. The third-order valence-corrected chi connectivity index (χ3v) is 4.12. The van der Waals surface area contributed by atoms with Crippen LogP contribution in [-0.2, 0) is 4.79 Å². The van der Waals surface area contributed by atoms with Gasteiger partial charge in [0.2, 0.25) is 5.91 Å². The molecule has 21 heavy (non-hydrogen) atoms. The number of thiophene rings is 1. The molecule has 0 bridgehead atoms. The molecule has 1 atom stereocenters. The Bertz CT molecular complexity index is 649. The highest BCUT2D eigenvalue weighted by Crippen LogP contribution is 2.31. The molecule has 2 heterocycles. The number of rotatable bonds is 5. The van der Waals surface area contributed by atoms with E-state index in [0.717, 1.165) is 12.8 Å². The summed E-state index contributed by atoms with van der Waals surface area (Å²) in [5, 5.41) is 19.7. The van der Waals surface area contributed by atoms with Gasteiger partial charge >= 0.3 is 0 Å². The third-order valence-electron chi connectivity index (χ3n) is 3.12. The number of anilines is 1. The van der Waals surface area contributed by atoms with E-state index >= 15 is 0 Å². The van der Waals surface area contributed by atoms with Crippen LogP contribution in [0.3, 0.4) is 0 Å². The number of hydrogen-bond donors (Lipinski definition) is 3. The van der Waals surface area contributed by atoms with Crippen LogP contribution < -0.4 is 10.6 Å². The number of amides is 2. The van der Waals surface area contributed by atoms with Crippen molar-refractivity contribution in [1.82, 2.24) is 25.9 Å². The monoisotopic (exact) mass is 306 g/mol. The van der Waals surface area contributed by atoms with Crippen molar-refractivity contribution in [2.75, 3.05) is 5.32 Å². The molecule has 8 nitrogen and oxygen atoms in total. The molecule has 0 spiro atoms. The predicted molar refractivity (Wildman–Crippen MR) is 75.7 cm³/mol. The summed E-state index contributed by atoms with van der Waals surface area (Å²) >= 11 is 1.25. The summed E-state index contributed by atoms with van der Waals surface area (Å²) in [5.41, 5.74) is 0. The van der Waals surface area contributed by atoms with E-state index in [1.165, 1.54) is 11.3 Å². The fourth-order valence-electron chi connectivity index (χ4n) is 1.78. The third kappa shape index (κ3) is 3.24. The second-order valence-corrected chi connectivity index (χ2v) is 5.98. The summed E-state index contributed by atoms with van der Waals surface area (Å²) in [6.45, 7) is 1.77. The van der Waals surface area contributed by atoms with Gasteiger partial charge in [0.15, 0.2) is 5.82 Å². The normalized spacial score (nSPS) is 15.5. The highest BCUT2D eigenvalue weighted by Gasteiger charge is 2.30. The maximum atomic E-state index is 12.1. The standard InChI is InChI=1S/C12H14N6O2S/c1-6(10-15-17-18-16-10)13-12(20)8-4-5-9(21-8)14-11(19)7-2-3-7/h4-7H,2-3H2,1H3,(H,13,20)(H,14,19)(H,15,16,17,18). The largest absolute Gasteiger partial charge is 0.341 e. The second-order valence-electron chi connectivity index (χ2n) is 4.89. The lowest BCUT2D eigenvalue weighted by molar-refractivity contribution is -0.117. The van der Waals surface area contributed by atoms with Crippen LogP contribution in [0.5, 0.6) is 0 Å². The van der Waals surface area contributed by atoms with E-state index in [2.05, 4.69) is 31.3 Å². The van der Waals surface area contributed by atoms with Gasteiger partial charge in [-0.15, -0.1) is 21.5 Å². The van der Waals surface area contributed by atoms with Gasteiger partial charge in [-0.1, -0.05) is 5.21 Å². The lowest BCUT2D eigenvalue weighted by atomic mass is 10.3. The van der Waals surface area contributed by atoms with E-state index in [0.29, 0.717) is 15.7 Å². The average molecular weight is 306 g/mol. The molecular formula is C12H14N6O2S. The van der Waals surface area contributed by atoms with Gasteiger partial charge in [-0.3, -0.25) is 9.59 Å². The minimum Gasteiger partial charge on any atom is -0.341 e. The lowest BCUT2D eigenvalue weighted by Crippen LogP contribution is -2.26. The number of H-pyrrole nitrogens is 1. The Morgan fingerprint density at radius 2 is 2.24 bits per heavy atom. The minimum absolute atomic E-state index is 0.0315. The number of nitrogens with one attached hydrogen (secondary N) is 3. The van der Waals surface area contributed by atoms with E-state index in [1.54, 1.807) is 19.1 Å². The lowest BCUT2D eigenvalue weighted by Gasteiger charge is -2.08. The molecule has 1 saturated carbocycles. The Balaban J connectivity index is 1.59. The van der Waals surface area contributed by atoms with Crippen molar-refractivity contribution in [3.63, 3.8) is 0 Å². The van der Waals surface area contributed by atoms with Crippen LogP contribution >= 0.6 is 11.3 Å². The predicted octanol–water partition coefficient (Wildman–Crippen LogP) is 1.10. The maximum Gasteiger partial charge on any atom is 0.262 e. The van der Waals surface area contributed by atoms with Gasteiger partial charge in [-0.25, -0.2) is 0 Å². The van der Waals surface area contributed by atoms with Crippen molar-refractivity contribution in [2.24, 2.45) is 5.92 Å². The molecule has 2 aromatic rings. The zero-order chi connectivity index (χ0) is 14.8. The van der Waals surface area contributed by atoms with Gasteiger partial charge in [-0.05, 0) is 31.9 Å². The van der Waals surface area contributed by atoms with Crippen molar-refractivity contribution in [3.05, 3.63) is 22.8 Å². The number of aromatic amines is 1. The molecule has 2 amide bonds. The molecule has 0 aromatic carbocycles. The molecule has 3 N–H and O–H groups in total. The van der Waals surface area contributed by atoms with Crippen molar-refractivity contribution < 1.29 is 9.59 Å². The topological polar surface area (TPSA) is 113 Å². The van der Waals surface area contributed by atoms with Gasteiger partial charge in [0.25, 0.3) is 5.91 Å². The molecule has 1 aliphatic rings. The molecule has 1 fully saturated rings. The Hall–Kier alpha value is -2.29. The molecule has 110 valence electrons. The SMILES string of the molecule is CC(NC(=O)c1ccc(NC(=O)C2CC2)s1)c1nn[nH]n1. The molecule has 1 aliphatic carbocycles. The number of carbonyl (C=O) groups excluding carboxylic acids is 2. The summed E-state index contributed by atoms with van der Waals surface area (Å²) in [7, 11) is 0. The van der Waals surface area contributed by atoms with Crippen molar-refractivity contribution >= 4 is 28.2 Å². The first-order valence-electron chi connectivity index (χ1n) is 6.58. The molecule has 3 rings (SSSR count). The first-order chi connectivity index (χ1) is 10.1. The van der Waals surface area contributed by atoms with Gasteiger partial charge in [0.05, 0.1) is 15.9 Å². The van der Waals surface area contributed by atoms with Gasteiger partial charge in [-0.2, -0.15) is 5.21 Å².